The number of rotatable bonds is 3. The van der Waals surface area contributed by atoms with E-state index in [-0.39, 0.29) is 0 Å². The average Bonchev–Trinajstić information content (AvgIpc) is 3.23. The molecule has 0 fully saturated rings. The minimum absolute atomic E-state index is 0.584. The van der Waals surface area contributed by atoms with Gasteiger partial charge in [0.1, 0.15) is 17.0 Å². The summed E-state index contributed by atoms with van der Waals surface area (Å²) in [5.74, 6) is 1.31. The molecule has 2 aromatic heterocycles. The Bertz CT molecular complexity index is 909. The molecule has 0 atom stereocenters. The van der Waals surface area contributed by atoms with Crippen molar-refractivity contribution in [3.63, 3.8) is 0 Å². The maximum atomic E-state index is 5.84. The van der Waals surface area contributed by atoms with E-state index in [9.17, 15) is 0 Å². The molecular formula is C17H13N3O2. The third-order valence-electron chi connectivity index (χ3n) is 3.56. The van der Waals surface area contributed by atoms with E-state index >= 15 is 0 Å². The molecule has 5 nitrogen and oxygen atoms in total. The number of pyridine rings is 1. The second-order valence-corrected chi connectivity index (χ2v) is 4.98. The second kappa shape index (κ2) is 5.11. The Balaban J connectivity index is 1.76. The number of fused-ring (bicyclic) bond motifs is 1. The minimum atomic E-state index is 0.584. The molecule has 0 bridgehead atoms. The van der Waals surface area contributed by atoms with Crippen molar-refractivity contribution >= 4 is 16.8 Å². The Morgan fingerprint density at radius 3 is 2.91 bits per heavy atom. The third kappa shape index (κ3) is 2.16. The van der Waals surface area contributed by atoms with E-state index in [0.717, 1.165) is 40.1 Å². The van der Waals surface area contributed by atoms with Crippen molar-refractivity contribution in [3.8, 4) is 16.9 Å². The lowest BCUT2D eigenvalue weighted by Gasteiger charge is -2.03. The van der Waals surface area contributed by atoms with Gasteiger partial charge in [-0.1, -0.05) is 12.1 Å². The van der Waals surface area contributed by atoms with Crippen molar-refractivity contribution in [2.24, 2.45) is 4.99 Å². The van der Waals surface area contributed by atoms with Crippen molar-refractivity contribution in [2.45, 2.75) is 6.42 Å². The van der Waals surface area contributed by atoms with E-state index in [1.807, 2.05) is 30.3 Å². The molecule has 4 rings (SSSR count). The highest BCUT2D eigenvalue weighted by molar-refractivity contribution is 6.01. The van der Waals surface area contributed by atoms with Crippen molar-refractivity contribution in [1.29, 1.82) is 0 Å². The summed E-state index contributed by atoms with van der Waals surface area (Å²) in [5, 5.41) is 0. The second-order valence-electron chi connectivity index (χ2n) is 4.98. The lowest BCUT2D eigenvalue weighted by molar-refractivity contribution is 0.413. The van der Waals surface area contributed by atoms with Gasteiger partial charge < -0.3 is 9.15 Å². The molecule has 0 aliphatic carbocycles. The van der Waals surface area contributed by atoms with Crippen LogP contribution in [0.2, 0.25) is 0 Å². The zero-order valence-corrected chi connectivity index (χ0v) is 12.0. The molecule has 0 radical (unpaired) electrons. The third-order valence-corrected chi connectivity index (χ3v) is 3.56. The molecule has 1 aromatic carbocycles. The van der Waals surface area contributed by atoms with Crippen LogP contribution in [0.1, 0.15) is 12.3 Å². The van der Waals surface area contributed by atoms with Gasteiger partial charge in [-0.05, 0) is 23.8 Å². The van der Waals surface area contributed by atoms with Gasteiger partial charge in [0.15, 0.2) is 5.58 Å². The monoisotopic (exact) mass is 291 g/mol. The van der Waals surface area contributed by atoms with Crippen LogP contribution in [0.4, 0.5) is 0 Å². The number of hydrogen-bond acceptors (Lipinski definition) is 5. The van der Waals surface area contributed by atoms with Gasteiger partial charge in [0.2, 0.25) is 5.89 Å². The predicted octanol–water partition coefficient (Wildman–Crippen LogP) is 3.60. The summed E-state index contributed by atoms with van der Waals surface area (Å²) in [4.78, 5) is 12.9. The molecule has 22 heavy (non-hydrogen) atoms. The topological polar surface area (TPSA) is 60.5 Å². The summed E-state index contributed by atoms with van der Waals surface area (Å²) in [5.41, 5.74) is 4.40. The zero-order chi connectivity index (χ0) is 14.9. The fourth-order valence-corrected chi connectivity index (χ4v) is 2.42. The van der Waals surface area contributed by atoms with Crippen LogP contribution >= 0.6 is 0 Å². The summed E-state index contributed by atoms with van der Waals surface area (Å²) in [6.45, 7) is 0. The predicted molar refractivity (Wildman–Crippen MR) is 84.1 cm³/mol. The molecule has 3 aromatic rings. The molecule has 0 N–H and O–H groups in total. The molecule has 1 aliphatic heterocycles. The van der Waals surface area contributed by atoms with E-state index in [4.69, 9.17) is 9.15 Å². The van der Waals surface area contributed by atoms with Crippen LogP contribution in [0.25, 0.3) is 22.2 Å². The first-order valence-corrected chi connectivity index (χ1v) is 6.95. The van der Waals surface area contributed by atoms with Crippen molar-refractivity contribution in [3.05, 3.63) is 54.8 Å². The normalized spacial score (nSPS) is 13.6. The maximum Gasteiger partial charge on any atom is 0.242 e. The molecule has 108 valence electrons. The molecule has 1 aliphatic rings. The molecule has 0 saturated heterocycles. The van der Waals surface area contributed by atoms with Crippen molar-refractivity contribution in [1.82, 2.24) is 9.97 Å². The number of aliphatic imine (C=N–C) groups is 1. The number of benzene rings is 1. The number of ether oxygens (including phenoxy) is 1. The van der Waals surface area contributed by atoms with Crippen LogP contribution in [0.5, 0.6) is 5.75 Å². The molecule has 3 heterocycles. The average molecular weight is 291 g/mol. The highest BCUT2D eigenvalue weighted by Gasteiger charge is 2.14. The van der Waals surface area contributed by atoms with Crippen LogP contribution < -0.4 is 4.74 Å². The number of aromatic nitrogens is 2. The van der Waals surface area contributed by atoms with Crippen molar-refractivity contribution in [2.75, 3.05) is 7.11 Å². The number of allylic oxidation sites excluding steroid dienone is 1. The molecular weight excluding hydrogens is 278 g/mol. The van der Waals surface area contributed by atoms with Gasteiger partial charge >= 0.3 is 0 Å². The number of hydrogen-bond donors (Lipinski definition) is 0. The first-order valence-electron chi connectivity index (χ1n) is 6.95. The molecule has 0 saturated carbocycles. The number of methoxy groups -OCH3 is 1. The standard InChI is InChI=1S/C17H13N3O2/c1-21-13-7-12(9-18-10-13)11-4-5-14-16(8-11)22-17(20-14)15-3-2-6-19-15/h2,4-10H,3H2,1H3. The molecule has 0 unspecified atom stereocenters. The summed E-state index contributed by atoms with van der Waals surface area (Å²) >= 11 is 0. The van der Waals surface area contributed by atoms with Crippen LogP contribution in [-0.4, -0.2) is 22.8 Å². The number of oxazole rings is 1. The van der Waals surface area contributed by atoms with E-state index in [0.29, 0.717) is 5.89 Å². The maximum absolute atomic E-state index is 5.84. The van der Waals surface area contributed by atoms with Gasteiger partial charge in [0.05, 0.1) is 13.3 Å². The van der Waals surface area contributed by atoms with E-state index in [1.165, 1.54) is 0 Å². The molecule has 5 heteroatoms. The Labute approximate surface area is 127 Å². The molecule has 0 amide bonds. The summed E-state index contributed by atoms with van der Waals surface area (Å²) in [6, 6.07) is 7.85. The summed E-state index contributed by atoms with van der Waals surface area (Å²) < 4.78 is 11.1. The first-order chi connectivity index (χ1) is 10.8. The lowest BCUT2D eigenvalue weighted by Crippen LogP contribution is -1.95. The number of nitrogens with zero attached hydrogens (tertiary/aromatic N) is 3. The summed E-state index contributed by atoms with van der Waals surface area (Å²) in [6.07, 6.45) is 8.00. The van der Waals surface area contributed by atoms with Gasteiger partial charge in [-0.15, -0.1) is 0 Å². The largest absolute Gasteiger partial charge is 0.495 e. The zero-order valence-electron chi connectivity index (χ0n) is 12.0. The first kappa shape index (κ1) is 12.8. The van der Waals surface area contributed by atoms with Gasteiger partial charge in [-0.2, -0.15) is 0 Å². The van der Waals surface area contributed by atoms with Gasteiger partial charge in [-0.3, -0.25) is 9.98 Å². The van der Waals surface area contributed by atoms with E-state index < -0.39 is 0 Å². The Hall–Kier alpha value is -2.95. The molecule has 0 spiro atoms. The Morgan fingerprint density at radius 1 is 1.14 bits per heavy atom. The Morgan fingerprint density at radius 2 is 2.09 bits per heavy atom. The van der Waals surface area contributed by atoms with Crippen LogP contribution in [0.15, 0.2) is 58.3 Å². The minimum Gasteiger partial charge on any atom is -0.495 e. The van der Waals surface area contributed by atoms with Crippen LogP contribution in [0.3, 0.4) is 0 Å². The van der Waals surface area contributed by atoms with Gasteiger partial charge in [-0.25, -0.2) is 4.98 Å². The quantitative estimate of drug-likeness (QED) is 0.739. The fraction of sp³-hybridized carbons (Fsp3) is 0.118. The van der Waals surface area contributed by atoms with Crippen molar-refractivity contribution < 1.29 is 9.15 Å². The highest BCUT2D eigenvalue weighted by atomic mass is 16.5. The van der Waals surface area contributed by atoms with Gasteiger partial charge in [0.25, 0.3) is 0 Å². The van der Waals surface area contributed by atoms with Crippen LogP contribution in [0, 0.1) is 0 Å². The SMILES string of the molecule is COc1cncc(-c2ccc3nc(C4=NC=CC4)oc3c2)c1. The lowest BCUT2D eigenvalue weighted by atomic mass is 10.1. The van der Waals surface area contributed by atoms with E-state index in [2.05, 4.69) is 15.0 Å². The smallest absolute Gasteiger partial charge is 0.242 e. The highest BCUT2D eigenvalue weighted by Crippen LogP contribution is 2.27. The van der Waals surface area contributed by atoms with Gasteiger partial charge in [0, 0.05) is 24.4 Å². The fourth-order valence-electron chi connectivity index (χ4n) is 2.42. The summed E-state index contributed by atoms with van der Waals surface area (Å²) in [7, 11) is 1.63. The van der Waals surface area contributed by atoms with E-state index in [1.54, 1.807) is 25.7 Å². The Kier molecular flexibility index (Phi) is 2.96. The van der Waals surface area contributed by atoms with Crippen LogP contribution in [-0.2, 0) is 0 Å².